The first-order valence-electron chi connectivity index (χ1n) is 5.80. The molecule has 0 unspecified atom stereocenters. The van der Waals surface area contributed by atoms with E-state index >= 15 is 0 Å². The Kier molecular flexibility index (Phi) is 3.85. The van der Waals surface area contributed by atoms with Crippen LogP contribution in [0, 0.1) is 5.82 Å². The van der Waals surface area contributed by atoms with Crippen LogP contribution in [0.5, 0.6) is 5.75 Å². The monoisotopic (exact) mass is 280 g/mol. The van der Waals surface area contributed by atoms with Crippen molar-refractivity contribution >= 4 is 10.1 Å². The summed E-state index contributed by atoms with van der Waals surface area (Å²) < 4.78 is 41.6. The second-order valence-corrected chi connectivity index (χ2v) is 5.54. The van der Waals surface area contributed by atoms with Crippen LogP contribution in [0.15, 0.2) is 53.4 Å². The van der Waals surface area contributed by atoms with Crippen molar-refractivity contribution in [2.24, 2.45) is 0 Å². The van der Waals surface area contributed by atoms with Crippen LogP contribution in [-0.4, -0.2) is 8.42 Å². The Morgan fingerprint density at radius 2 is 1.58 bits per heavy atom. The molecule has 0 radical (unpaired) electrons. The topological polar surface area (TPSA) is 43.4 Å². The molecule has 0 aliphatic heterocycles. The predicted octanol–water partition coefficient (Wildman–Crippen LogP) is 3.16. The zero-order chi connectivity index (χ0) is 13.9. The van der Waals surface area contributed by atoms with Crippen LogP contribution in [0.1, 0.15) is 12.5 Å². The van der Waals surface area contributed by atoms with Gasteiger partial charge in [-0.25, -0.2) is 4.39 Å². The lowest BCUT2D eigenvalue weighted by Gasteiger charge is -2.07. The van der Waals surface area contributed by atoms with E-state index in [1.165, 1.54) is 12.1 Å². The van der Waals surface area contributed by atoms with E-state index in [0.29, 0.717) is 0 Å². The third kappa shape index (κ3) is 3.32. The standard InChI is InChI=1S/C14H13FO3S/c1-2-11-3-7-13(8-4-11)18-19(16,17)14-9-5-12(15)6-10-14/h3-10H,2H2,1H3. The summed E-state index contributed by atoms with van der Waals surface area (Å²) in [6, 6.07) is 11.3. The molecule has 0 saturated heterocycles. The highest BCUT2D eigenvalue weighted by molar-refractivity contribution is 7.87. The number of rotatable bonds is 4. The first kappa shape index (κ1) is 13.5. The van der Waals surface area contributed by atoms with Gasteiger partial charge in [0.2, 0.25) is 0 Å². The van der Waals surface area contributed by atoms with Crippen LogP contribution in [0.25, 0.3) is 0 Å². The van der Waals surface area contributed by atoms with Crippen molar-refractivity contribution in [2.75, 3.05) is 0 Å². The molecule has 0 heterocycles. The maximum absolute atomic E-state index is 12.7. The third-order valence-electron chi connectivity index (χ3n) is 2.64. The van der Waals surface area contributed by atoms with Crippen molar-refractivity contribution in [3.63, 3.8) is 0 Å². The lowest BCUT2D eigenvalue weighted by molar-refractivity contribution is 0.485. The first-order valence-corrected chi connectivity index (χ1v) is 7.21. The van der Waals surface area contributed by atoms with Crippen molar-refractivity contribution in [2.45, 2.75) is 18.2 Å². The quantitative estimate of drug-likeness (QED) is 0.808. The van der Waals surface area contributed by atoms with E-state index < -0.39 is 15.9 Å². The molecule has 0 saturated carbocycles. The number of aryl methyl sites for hydroxylation is 1. The Bertz CT molecular complexity index is 646. The maximum atomic E-state index is 12.7. The molecule has 19 heavy (non-hydrogen) atoms. The van der Waals surface area contributed by atoms with Gasteiger partial charge in [-0.2, -0.15) is 8.42 Å². The van der Waals surface area contributed by atoms with Gasteiger partial charge in [0, 0.05) is 0 Å². The molecule has 0 aliphatic carbocycles. The summed E-state index contributed by atoms with van der Waals surface area (Å²) in [7, 11) is -3.92. The Labute approximate surface area is 111 Å². The molecule has 2 aromatic carbocycles. The molecule has 5 heteroatoms. The second kappa shape index (κ2) is 5.40. The van der Waals surface area contributed by atoms with Gasteiger partial charge in [-0.3, -0.25) is 0 Å². The number of benzene rings is 2. The summed E-state index contributed by atoms with van der Waals surface area (Å²) in [5.74, 6) is -0.257. The smallest absolute Gasteiger partial charge is 0.339 e. The summed E-state index contributed by atoms with van der Waals surface area (Å²) in [6.07, 6.45) is 0.866. The van der Waals surface area contributed by atoms with Gasteiger partial charge in [-0.15, -0.1) is 0 Å². The van der Waals surface area contributed by atoms with Crippen molar-refractivity contribution in [1.29, 1.82) is 0 Å². The fourth-order valence-electron chi connectivity index (χ4n) is 1.56. The number of halogens is 1. The molecule has 3 nitrogen and oxygen atoms in total. The van der Waals surface area contributed by atoms with Crippen LogP contribution >= 0.6 is 0 Å². The van der Waals surface area contributed by atoms with Crippen LogP contribution < -0.4 is 4.18 Å². The van der Waals surface area contributed by atoms with Crippen molar-refractivity contribution in [1.82, 2.24) is 0 Å². The SMILES string of the molecule is CCc1ccc(OS(=O)(=O)c2ccc(F)cc2)cc1. The van der Waals surface area contributed by atoms with Crippen LogP contribution in [0.2, 0.25) is 0 Å². The minimum atomic E-state index is -3.92. The Balaban J connectivity index is 2.23. The third-order valence-corrected chi connectivity index (χ3v) is 3.90. The molecule has 0 aliphatic rings. The summed E-state index contributed by atoms with van der Waals surface area (Å²) >= 11 is 0. The molecule has 0 N–H and O–H groups in total. The van der Waals surface area contributed by atoms with Crippen LogP contribution in [0.3, 0.4) is 0 Å². The summed E-state index contributed by atoms with van der Waals surface area (Å²) in [5.41, 5.74) is 1.09. The molecule has 0 amide bonds. The van der Waals surface area contributed by atoms with Gasteiger partial charge in [-0.05, 0) is 48.4 Å². The average Bonchev–Trinajstić information content (AvgIpc) is 2.40. The molecule has 0 bridgehead atoms. The first-order chi connectivity index (χ1) is 9.01. The largest absolute Gasteiger partial charge is 0.379 e. The molecule has 2 rings (SSSR count). The molecule has 0 atom stereocenters. The van der Waals surface area contributed by atoms with Gasteiger partial charge in [0.15, 0.2) is 0 Å². The highest BCUT2D eigenvalue weighted by Crippen LogP contribution is 2.19. The Morgan fingerprint density at radius 1 is 1.00 bits per heavy atom. The highest BCUT2D eigenvalue weighted by Gasteiger charge is 2.16. The van der Waals surface area contributed by atoms with E-state index in [2.05, 4.69) is 0 Å². The minimum absolute atomic E-state index is 0.0755. The Morgan fingerprint density at radius 3 is 2.11 bits per heavy atom. The van der Waals surface area contributed by atoms with E-state index in [0.717, 1.165) is 24.1 Å². The van der Waals surface area contributed by atoms with E-state index in [1.54, 1.807) is 24.3 Å². The zero-order valence-corrected chi connectivity index (χ0v) is 11.2. The molecular weight excluding hydrogens is 267 g/mol. The van der Waals surface area contributed by atoms with Gasteiger partial charge in [0.05, 0.1) is 0 Å². The van der Waals surface area contributed by atoms with E-state index in [4.69, 9.17) is 4.18 Å². The summed E-state index contributed by atoms with van der Waals surface area (Å²) in [6.45, 7) is 2.01. The minimum Gasteiger partial charge on any atom is -0.379 e. The lowest BCUT2D eigenvalue weighted by Crippen LogP contribution is -2.09. The summed E-state index contributed by atoms with van der Waals surface area (Å²) in [5, 5.41) is 0. The van der Waals surface area contributed by atoms with E-state index in [1.807, 2.05) is 6.92 Å². The van der Waals surface area contributed by atoms with E-state index in [9.17, 15) is 12.8 Å². The maximum Gasteiger partial charge on any atom is 0.339 e. The number of hydrogen-bond donors (Lipinski definition) is 0. The van der Waals surface area contributed by atoms with Crippen LogP contribution in [0.4, 0.5) is 4.39 Å². The van der Waals surface area contributed by atoms with Gasteiger partial charge in [0.1, 0.15) is 16.5 Å². The van der Waals surface area contributed by atoms with Gasteiger partial charge in [0.25, 0.3) is 0 Å². The zero-order valence-electron chi connectivity index (χ0n) is 10.3. The fourth-order valence-corrected chi connectivity index (χ4v) is 2.49. The predicted molar refractivity (Wildman–Crippen MR) is 70.0 cm³/mol. The van der Waals surface area contributed by atoms with Crippen molar-refractivity contribution in [3.8, 4) is 5.75 Å². The molecule has 0 fully saturated rings. The molecule has 100 valence electrons. The van der Waals surface area contributed by atoms with Crippen molar-refractivity contribution in [3.05, 3.63) is 59.9 Å². The molecule has 2 aromatic rings. The second-order valence-electron chi connectivity index (χ2n) is 3.99. The normalized spacial score (nSPS) is 11.3. The van der Waals surface area contributed by atoms with Gasteiger partial charge in [-0.1, -0.05) is 19.1 Å². The fraction of sp³-hybridized carbons (Fsp3) is 0.143. The summed E-state index contributed by atoms with van der Waals surface area (Å²) in [4.78, 5) is -0.0755. The highest BCUT2D eigenvalue weighted by atomic mass is 32.2. The number of hydrogen-bond acceptors (Lipinski definition) is 3. The molecule has 0 spiro atoms. The molecule has 0 aromatic heterocycles. The van der Waals surface area contributed by atoms with E-state index in [-0.39, 0.29) is 10.6 Å². The van der Waals surface area contributed by atoms with Crippen LogP contribution in [-0.2, 0) is 16.5 Å². The average molecular weight is 280 g/mol. The van der Waals surface area contributed by atoms with Gasteiger partial charge >= 0.3 is 10.1 Å². The van der Waals surface area contributed by atoms with Gasteiger partial charge < -0.3 is 4.18 Å². The molecular formula is C14H13FO3S. The van der Waals surface area contributed by atoms with Crippen molar-refractivity contribution < 1.29 is 17.0 Å². The lowest BCUT2D eigenvalue weighted by atomic mass is 10.2. The Hall–Kier alpha value is -1.88.